The lowest BCUT2D eigenvalue weighted by Gasteiger charge is -2.21. The highest BCUT2D eigenvalue weighted by Gasteiger charge is 2.23. The average Bonchev–Trinajstić information content (AvgIpc) is 2.38. The summed E-state index contributed by atoms with van der Waals surface area (Å²) in [7, 11) is 0. The third kappa shape index (κ3) is 3.27. The van der Waals surface area contributed by atoms with Crippen molar-refractivity contribution in [3.05, 3.63) is 30.1 Å². The summed E-state index contributed by atoms with van der Waals surface area (Å²) >= 11 is 0. The van der Waals surface area contributed by atoms with E-state index in [0.29, 0.717) is 25.9 Å². The van der Waals surface area contributed by atoms with Crippen LogP contribution in [0.1, 0.15) is 18.4 Å². The lowest BCUT2D eigenvalue weighted by Crippen LogP contribution is -2.42. The van der Waals surface area contributed by atoms with Crippen molar-refractivity contribution in [2.45, 2.75) is 19.4 Å². The molecular weight excluding hydrogens is 218 g/mol. The Morgan fingerprint density at radius 2 is 2.24 bits per heavy atom. The highest BCUT2D eigenvalue weighted by molar-refractivity contribution is 5.83. The van der Waals surface area contributed by atoms with E-state index in [2.05, 4.69) is 15.6 Å². The van der Waals surface area contributed by atoms with Crippen molar-refractivity contribution in [3.8, 4) is 0 Å². The molecule has 2 amide bonds. The molecule has 0 spiro atoms. The van der Waals surface area contributed by atoms with Crippen LogP contribution in [0.15, 0.2) is 24.5 Å². The highest BCUT2D eigenvalue weighted by Crippen LogP contribution is 2.10. The molecule has 17 heavy (non-hydrogen) atoms. The maximum atomic E-state index is 11.8. The van der Waals surface area contributed by atoms with Gasteiger partial charge in [-0.05, 0) is 24.1 Å². The Kier molecular flexibility index (Phi) is 3.69. The number of rotatable bonds is 3. The van der Waals surface area contributed by atoms with Gasteiger partial charge in [-0.1, -0.05) is 0 Å². The summed E-state index contributed by atoms with van der Waals surface area (Å²) in [5.74, 6) is -0.0699. The van der Waals surface area contributed by atoms with E-state index in [-0.39, 0.29) is 17.7 Å². The third-order valence-corrected chi connectivity index (χ3v) is 2.85. The monoisotopic (exact) mass is 233 g/mol. The Hall–Kier alpha value is -1.91. The number of carbonyl (C=O) groups excluding carboxylic acids is 2. The summed E-state index contributed by atoms with van der Waals surface area (Å²) in [4.78, 5) is 26.7. The summed E-state index contributed by atoms with van der Waals surface area (Å²) in [6, 6.07) is 3.73. The zero-order valence-electron chi connectivity index (χ0n) is 9.48. The van der Waals surface area contributed by atoms with Gasteiger partial charge in [0, 0.05) is 31.9 Å². The third-order valence-electron chi connectivity index (χ3n) is 2.85. The van der Waals surface area contributed by atoms with Gasteiger partial charge < -0.3 is 10.6 Å². The number of aromatic nitrogens is 1. The second kappa shape index (κ2) is 5.43. The smallest absolute Gasteiger partial charge is 0.225 e. The number of hydrogen-bond donors (Lipinski definition) is 2. The molecule has 0 aromatic carbocycles. The molecule has 2 heterocycles. The quantitative estimate of drug-likeness (QED) is 0.784. The molecule has 1 aliphatic heterocycles. The van der Waals surface area contributed by atoms with Gasteiger partial charge in [0.2, 0.25) is 11.8 Å². The van der Waals surface area contributed by atoms with Crippen LogP contribution >= 0.6 is 0 Å². The number of amides is 2. The number of hydrogen-bond acceptors (Lipinski definition) is 3. The summed E-state index contributed by atoms with van der Waals surface area (Å²) < 4.78 is 0. The second-order valence-electron chi connectivity index (χ2n) is 4.11. The molecule has 1 atom stereocenters. The fourth-order valence-electron chi connectivity index (χ4n) is 1.79. The molecule has 0 bridgehead atoms. The minimum Gasteiger partial charge on any atom is -0.355 e. The lowest BCUT2D eigenvalue weighted by molar-refractivity contribution is -0.129. The molecule has 1 saturated heterocycles. The van der Waals surface area contributed by atoms with Crippen molar-refractivity contribution in [3.63, 3.8) is 0 Å². The molecule has 1 unspecified atom stereocenters. The van der Waals surface area contributed by atoms with Crippen LogP contribution in [0.3, 0.4) is 0 Å². The molecule has 1 aliphatic rings. The molecular formula is C12H15N3O2. The van der Waals surface area contributed by atoms with Crippen molar-refractivity contribution in [1.82, 2.24) is 15.6 Å². The van der Waals surface area contributed by atoms with Gasteiger partial charge in [0.15, 0.2) is 0 Å². The predicted molar refractivity (Wildman–Crippen MR) is 61.8 cm³/mol. The number of nitrogens with one attached hydrogen (secondary N) is 2. The Bertz CT molecular complexity index is 395. The Morgan fingerprint density at radius 1 is 1.47 bits per heavy atom. The van der Waals surface area contributed by atoms with Crippen molar-refractivity contribution >= 4 is 11.8 Å². The summed E-state index contributed by atoms with van der Waals surface area (Å²) in [5.41, 5.74) is 1.02. The van der Waals surface area contributed by atoms with Crippen molar-refractivity contribution < 1.29 is 9.59 Å². The molecule has 2 N–H and O–H groups in total. The molecule has 1 aromatic rings. The topological polar surface area (TPSA) is 71.1 Å². The molecule has 1 fully saturated rings. The van der Waals surface area contributed by atoms with Crippen LogP contribution in [0.2, 0.25) is 0 Å². The largest absolute Gasteiger partial charge is 0.355 e. The normalized spacial score (nSPS) is 19.5. The maximum Gasteiger partial charge on any atom is 0.225 e. The summed E-state index contributed by atoms with van der Waals surface area (Å²) in [6.45, 7) is 0.951. The predicted octanol–water partition coefficient (Wildman–Crippen LogP) is 0.224. The zero-order valence-corrected chi connectivity index (χ0v) is 9.48. The van der Waals surface area contributed by atoms with Gasteiger partial charge in [-0.2, -0.15) is 0 Å². The summed E-state index contributed by atoms with van der Waals surface area (Å²) in [5, 5.41) is 5.57. The first-order chi connectivity index (χ1) is 8.25. The molecule has 2 rings (SSSR count). The Labute approximate surface area is 99.6 Å². The molecule has 5 heteroatoms. The minimum absolute atomic E-state index is 0.00168. The highest BCUT2D eigenvalue weighted by atomic mass is 16.2. The van der Waals surface area contributed by atoms with E-state index in [1.807, 2.05) is 12.1 Å². The lowest BCUT2D eigenvalue weighted by atomic mass is 9.98. The van der Waals surface area contributed by atoms with Crippen LogP contribution in [0.4, 0.5) is 0 Å². The van der Waals surface area contributed by atoms with Crippen LogP contribution in [0.5, 0.6) is 0 Å². The van der Waals surface area contributed by atoms with Crippen LogP contribution in [0.25, 0.3) is 0 Å². The molecule has 90 valence electrons. The first-order valence-corrected chi connectivity index (χ1v) is 5.69. The van der Waals surface area contributed by atoms with Crippen LogP contribution in [-0.4, -0.2) is 23.3 Å². The Balaban J connectivity index is 1.80. The van der Waals surface area contributed by atoms with E-state index in [0.717, 1.165) is 5.56 Å². The minimum atomic E-state index is -0.102. The number of nitrogens with zero attached hydrogens (tertiary/aromatic N) is 1. The van der Waals surface area contributed by atoms with Crippen LogP contribution in [0, 0.1) is 5.92 Å². The van der Waals surface area contributed by atoms with Gasteiger partial charge in [-0.15, -0.1) is 0 Å². The summed E-state index contributed by atoms with van der Waals surface area (Å²) in [6.07, 6.45) is 4.46. The maximum absolute atomic E-state index is 11.8. The van der Waals surface area contributed by atoms with Crippen LogP contribution in [-0.2, 0) is 16.1 Å². The van der Waals surface area contributed by atoms with Gasteiger partial charge in [0.05, 0.1) is 5.92 Å². The zero-order chi connectivity index (χ0) is 12.1. The Morgan fingerprint density at radius 3 is 2.88 bits per heavy atom. The van der Waals surface area contributed by atoms with Crippen molar-refractivity contribution in [2.75, 3.05) is 6.54 Å². The number of pyridine rings is 1. The van der Waals surface area contributed by atoms with E-state index in [4.69, 9.17) is 0 Å². The van der Waals surface area contributed by atoms with E-state index in [9.17, 15) is 9.59 Å². The van der Waals surface area contributed by atoms with Gasteiger partial charge in [0.25, 0.3) is 0 Å². The van der Waals surface area contributed by atoms with Gasteiger partial charge in [-0.3, -0.25) is 14.6 Å². The number of carbonyl (C=O) groups is 2. The van der Waals surface area contributed by atoms with Gasteiger partial charge in [0.1, 0.15) is 0 Å². The van der Waals surface area contributed by atoms with Gasteiger partial charge in [-0.25, -0.2) is 0 Å². The van der Waals surface area contributed by atoms with E-state index < -0.39 is 0 Å². The van der Waals surface area contributed by atoms with Gasteiger partial charge >= 0.3 is 0 Å². The standard InChI is InChI=1S/C12H15N3O2/c16-11-2-1-10(8-14-11)12(17)15-7-9-3-5-13-6-4-9/h3-6,10H,1-2,7-8H2,(H,14,16)(H,15,17). The van der Waals surface area contributed by atoms with E-state index in [1.54, 1.807) is 12.4 Å². The first kappa shape index (κ1) is 11.6. The molecule has 1 aromatic heterocycles. The molecule has 0 radical (unpaired) electrons. The SMILES string of the molecule is O=C1CCC(C(=O)NCc2ccncc2)CN1. The van der Waals surface area contributed by atoms with Crippen LogP contribution < -0.4 is 10.6 Å². The number of piperidine rings is 1. The molecule has 5 nitrogen and oxygen atoms in total. The average molecular weight is 233 g/mol. The molecule has 0 aliphatic carbocycles. The first-order valence-electron chi connectivity index (χ1n) is 5.69. The fourth-order valence-corrected chi connectivity index (χ4v) is 1.79. The fraction of sp³-hybridized carbons (Fsp3) is 0.417. The second-order valence-corrected chi connectivity index (χ2v) is 4.11. The van der Waals surface area contributed by atoms with E-state index in [1.165, 1.54) is 0 Å². The van der Waals surface area contributed by atoms with E-state index >= 15 is 0 Å². The molecule has 0 saturated carbocycles. The van der Waals surface area contributed by atoms with Crippen molar-refractivity contribution in [2.24, 2.45) is 5.92 Å². The van der Waals surface area contributed by atoms with Crippen molar-refractivity contribution in [1.29, 1.82) is 0 Å².